The minimum absolute atomic E-state index is 0.709. The lowest BCUT2D eigenvalue weighted by atomic mass is 9.81. The van der Waals surface area contributed by atoms with Gasteiger partial charge in [0, 0.05) is 13.1 Å². The topological polar surface area (TPSA) is 38.2 Å². The number of aromatic nitrogens is 2. The first kappa shape index (κ1) is 14.0. The second-order valence-electron chi connectivity index (χ2n) is 6.30. The minimum atomic E-state index is 0.709. The van der Waals surface area contributed by atoms with Crippen molar-refractivity contribution in [2.45, 2.75) is 31.6 Å². The molecule has 0 spiro atoms. The third kappa shape index (κ3) is 2.47. The molecule has 1 aromatic heterocycles. The van der Waals surface area contributed by atoms with Crippen molar-refractivity contribution in [2.24, 2.45) is 5.92 Å². The Morgan fingerprint density at radius 2 is 2.09 bits per heavy atom. The molecule has 0 radical (unpaired) electrons. The Hall–Kier alpha value is -1.62. The van der Waals surface area contributed by atoms with E-state index in [1.54, 1.807) is 7.11 Å². The third-order valence-electron chi connectivity index (χ3n) is 5.26. The second kappa shape index (κ2) is 5.88. The van der Waals surface area contributed by atoms with Gasteiger partial charge in [0.15, 0.2) is 5.82 Å². The molecule has 0 amide bonds. The summed E-state index contributed by atoms with van der Waals surface area (Å²) in [6, 6.07) is 6.62. The third-order valence-corrected chi connectivity index (χ3v) is 5.75. The van der Waals surface area contributed by atoms with Gasteiger partial charge in [-0.15, -0.1) is 5.10 Å². The van der Waals surface area contributed by atoms with Crippen LogP contribution >= 0.6 is 11.5 Å². The molecule has 2 heterocycles. The van der Waals surface area contributed by atoms with Gasteiger partial charge in [-0.3, -0.25) is 0 Å². The van der Waals surface area contributed by atoms with Gasteiger partial charge in [-0.2, -0.15) is 0 Å². The van der Waals surface area contributed by atoms with Crippen molar-refractivity contribution < 1.29 is 4.74 Å². The molecular weight excluding hydrogens is 294 g/mol. The summed E-state index contributed by atoms with van der Waals surface area (Å²) in [5, 5.41) is 6.25. The van der Waals surface area contributed by atoms with Crippen LogP contribution in [0.5, 0.6) is 5.75 Å². The maximum atomic E-state index is 5.42. The summed E-state index contributed by atoms with van der Waals surface area (Å²) >= 11 is 1.44. The molecule has 5 heteroatoms. The van der Waals surface area contributed by atoms with Crippen LogP contribution in [0.1, 0.15) is 36.3 Å². The highest BCUT2D eigenvalue weighted by Crippen LogP contribution is 2.43. The molecule has 22 heavy (non-hydrogen) atoms. The Balaban J connectivity index is 1.47. The Bertz CT molecular complexity index is 635. The monoisotopic (exact) mass is 315 g/mol. The summed E-state index contributed by atoms with van der Waals surface area (Å²) in [5.74, 6) is 3.55. The van der Waals surface area contributed by atoms with Crippen molar-refractivity contribution in [1.82, 2.24) is 9.59 Å². The standard InChI is InChI=1S/C17H21N3OS/c1-21-14-4-2-12-3-5-15(16(12)10-14)13-6-8-20(9-7-13)17-11-22-19-18-17/h2,4,10-11,13,15H,3,5-9H2,1H3. The maximum Gasteiger partial charge on any atom is 0.163 e. The van der Waals surface area contributed by atoms with Gasteiger partial charge in [0.1, 0.15) is 5.75 Å². The quantitative estimate of drug-likeness (QED) is 0.869. The second-order valence-corrected chi connectivity index (χ2v) is 6.91. The van der Waals surface area contributed by atoms with Gasteiger partial charge in [-0.25, -0.2) is 0 Å². The molecule has 1 fully saturated rings. The van der Waals surface area contributed by atoms with E-state index in [-0.39, 0.29) is 0 Å². The lowest BCUT2D eigenvalue weighted by Gasteiger charge is -2.35. The first-order valence-corrected chi connectivity index (χ1v) is 8.87. The zero-order valence-electron chi connectivity index (χ0n) is 12.9. The van der Waals surface area contributed by atoms with Crippen LogP contribution in [0.2, 0.25) is 0 Å². The van der Waals surface area contributed by atoms with Gasteiger partial charge >= 0.3 is 0 Å². The van der Waals surface area contributed by atoms with E-state index in [4.69, 9.17) is 4.74 Å². The number of methoxy groups -OCH3 is 1. The van der Waals surface area contributed by atoms with Gasteiger partial charge in [0.2, 0.25) is 0 Å². The number of piperidine rings is 1. The van der Waals surface area contributed by atoms with Crippen molar-refractivity contribution in [3.05, 3.63) is 34.7 Å². The molecule has 4 rings (SSSR count). The van der Waals surface area contributed by atoms with Gasteiger partial charge in [-0.1, -0.05) is 10.6 Å². The molecule has 4 nitrogen and oxygen atoms in total. The highest BCUT2D eigenvalue weighted by atomic mass is 32.1. The summed E-state index contributed by atoms with van der Waals surface area (Å²) in [6.07, 6.45) is 5.02. The summed E-state index contributed by atoms with van der Waals surface area (Å²) < 4.78 is 9.40. The van der Waals surface area contributed by atoms with Crippen molar-refractivity contribution in [1.29, 1.82) is 0 Å². The van der Waals surface area contributed by atoms with E-state index in [1.165, 1.54) is 48.3 Å². The van der Waals surface area contributed by atoms with E-state index in [0.717, 1.165) is 30.6 Å². The highest BCUT2D eigenvalue weighted by Gasteiger charge is 2.32. The molecule has 1 aromatic carbocycles. The van der Waals surface area contributed by atoms with Crippen LogP contribution in [0, 0.1) is 5.92 Å². The molecule has 1 atom stereocenters. The Kier molecular flexibility index (Phi) is 3.74. The number of aryl methyl sites for hydroxylation is 1. The molecule has 0 N–H and O–H groups in total. The van der Waals surface area contributed by atoms with Gasteiger partial charge in [0.05, 0.1) is 12.5 Å². The summed E-state index contributed by atoms with van der Waals surface area (Å²) in [6.45, 7) is 2.21. The van der Waals surface area contributed by atoms with E-state index in [0.29, 0.717) is 5.92 Å². The number of fused-ring (bicyclic) bond motifs is 1. The molecule has 0 bridgehead atoms. The predicted octanol–water partition coefficient (Wildman–Crippen LogP) is 3.49. The lowest BCUT2D eigenvalue weighted by molar-refractivity contribution is 0.337. The number of rotatable bonds is 3. The smallest absolute Gasteiger partial charge is 0.163 e. The van der Waals surface area contributed by atoms with E-state index in [9.17, 15) is 0 Å². The number of benzene rings is 1. The number of hydrogen-bond acceptors (Lipinski definition) is 5. The van der Waals surface area contributed by atoms with Gasteiger partial charge in [-0.05, 0) is 72.3 Å². The van der Waals surface area contributed by atoms with Crippen molar-refractivity contribution in [3.8, 4) is 5.75 Å². The normalized spacial score (nSPS) is 21.9. The number of hydrogen-bond donors (Lipinski definition) is 0. The Labute approximate surface area is 135 Å². The molecule has 116 valence electrons. The van der Waals surface area contributed by atoms with Crippen LogP contribution < -0.4 is 9.64 Å². The Morgan fingerprint density at radius 1 is 1.23 bits per heavy atom. The van der Waals surface area contributed by atoms with Crippen molar-refractivity contribution in [2.75, 3.05) is 25.1 Å². The predicted molar refractivity (Wildman–Crippen MR) is 88.9 cm³/mol. The molecule has 1 unspecified atom stereocenters. The molecule has 2 aromatic rings. The SMILES string of the molecule is COc1ccc2c(c1)C(C1CCN(c3csnn3)CC1)CC2. The van der Waals surface area contributed by atoms with E-state index < -0.39 is 0 Å². The van der Waals surface area contributed by atoms with Gasteiger partial charge in [0.25, 0.3) is 0 Å². The molecule has 0 saturated carbocycles. The number of nitrogens with zero attached hydrogens (tertiary/aromatic N) is 3. The van der Waals surface area contributed by atoms with Crippen molar-refractivity contribution in [3.63, 3.8) is 0 Å². The fraction of sp³-hybridized carbons (Fsp3) is 0.529. The zero-order chi connectivity index (χ0) is 14.9. The maximum absolute atomic E-state index is 5.42. The van der Waals surface area contributed by atoms with Gasteiger partial charge < -0.3 is 9.64 Å². The largest absolute Gasteiger partial charge is 0.497 e. The van der Waals surface area contributed by atoms with Crippen LogP contribution in [0.25, 0.3) is 0 Å². The molecule has 1 aliphatic heterocycles. The average Bonchev–Trinajstić information content (AvgIpc) is 3.24. The van der Waals surface area contributed by atoms with E-state index in [2.05, 4.69) is 38.1 Å². The van der Waals surface area contributed by atoms with Crippen LogP contribution in [0.4, 0.5) is 5.82 Å². The summed E-state index contributed by atoms with van der Waals surface area (Å²) in [4.78, 5) is 2.38. The first-order valence-electron chi connectivity index (χ1n) is 8.04. The average molecular weight is 315 g/mol. The van der Waals surface area contributed by atoms with E-state index in [1.807, 2.05) is 0 Å². The molecule has 1 aliphatic carbocycles. The molecular formula is C17H21N3OS. The summed E-state index contributed by atoms with van der Waals surface area (Å²) in [7, 11) is 1.76. The fourth-order valence-corrected chi connectivity index (χ4v) is 4.53. The van der Waals surface area contributed by atoms with Crippen LogP contribution in [0.3, 0.4) is 0 Å². The molecule has 1 saturated heterocycles. The number of ether oxygens (including phenoxy) is 1. The minimum Gasteiger partial charge on any atom is -0.497 e. The van der Waals surface area contributed by atoms with Crippen LogP contribution in [-0.4, -0.2) is 29.8 Å². The van der Waals surface area contributed by atoms with Crippen LogP contribution in [-0.2, 0) is 6.42 Å². The van der Waals surface area contributed by atoms with Crippen molar-refractivity contribution >= 4 is 17.4 Å². The lowest BCUT2D eigenvalue weighted by Crippen LogP contribution is -2.35. The number of anilines is 1. The Morgan fingerprint density at radius 3 is 2.82 bits per heavy atom. The van der Waals surface area contributed by atoms with Crippen LogP contribution in [0.15, 0.2) is 23.6 Å². The highest BCUT2D eigenvalue weighted by molar-refractivity contribution is 7.03. The first-order chi connectivity index (χ1) is 10.8. The van der Waals surface area contributed by atoms with E-state index >= 15 is 0 Å². The fourth-order valence-electron chi connectivity index (χ4n) is 4.06. The molecule has 2 aliphatic rings. The zero-order valence-corrected chi connectivity index (χ0v) is 13.7. The summed E-state index contributed by atoms with van der Waals surface area (Å²) in [5.41, 5.74) is 3.06.